The van der Waals surface area contributed by atoms with E-state index in [1.807, 2.05) is 72.9 Å². The van der Waals surface area contributed by atoms with Crippen LogP contribution >= 0.6 is 11.6 Å². The number of fused-ring (bicyclic) bond motifs is 1. The van der Waals surface area contributed by atoms with Crippen LogP contribution in [-0.4, -0.2) is 38.5 Å². The smallest absolute Gasteiger partial charge is 0.251 e. The first-order valence-electron chi connectivity index (χ1n) is 11.2. The summed E-state index contributed by atoms with van der Waals surface area (Å²) in [5.74, 6) is 0.467. The van der Waals surface area contributed by atoms with E-state index in [4.69, 9.17) is 11.6 Å². The summed E-state index contributed by atoms with van der Waals surface area (Å²) in [5, 5.41) is 13.8. The zero-order chi connectivity index (χ0) is 23.7. The molecule has 6 nitrogen and oxygen atoms in total. The minimum atomic E-state index is -0.987. The van der Waals surface area contributed by atoms with Gasteiger partial charge in [0.05, 0.1) is 16.9 Å². The van der Waals surface area contributed by atoms with Crippen LogP contribution in [0.25, 0.3) is 22.6 Å². The van der Waals surface area contributed by atoms with Crippen molar-refractivity contribution in [3.63, 3.8) is 0 Å². The zero-order valence-corrected chi connectivity index (χ0v) is 19.5. The highest BCUT2D eigenvalue weighted by Crippen LogP contribution is 2.33. The second kappa shape index (κ2) is 9.33. The largest absolute Gasteiger partial charge is 0.384 e. The van der Waals surface area contributed by atoms with E-state index < -0.39 is 6.10 Å². The first-order valence-corrected chi connectivity index (χ1v) is 11.6. The van der Waals surface area contributed by atoms with Crippen LogP contribution in [0.3, 0.4) is 0 Å². The lowest BCUT2D eigenvalue weighted by Crippen LogP contribution is -2.41. The number of H-pyrrole nitrogens is 1. The molecule has 3 N–H and O–H groups in total. The number of aliphatic hydroxyl groups excluding tert-OH is 1. The Balaban J connectivity index is 1.40. The maximum Gasteiger partial charge on any atom is 0.251 e. The molecular formula is C27H25ClN4O2. The molecule has 7 heteroatoms. The molecule has 34 heavy (non-hydrogen) atoms. The van der Waals surface area contributed by atoms with Crippen molar-refractivity contribution >= 4 is 28.9 Å². The monoisotopic (exact) mass is 472 g/mol. The number of hydrogen-bond donors (Lipinski definition) is 3. The highest BCUT2D eigenvalue weighted by Gasteiger charge is 2.25. The summed E-state index contributed by atoms with van der Waals surface area (Å²) in [6.45, 7) is 2.58. The van der Waals surface area contributed by atoms with Gasteiger partial charge in [0.2, 0.25) is 0 Å². The first kappa shape index (κ1) is 22.2. The summed E-state index contributed by atoms with van der Waals surface area (Å²) < 4.78 is 0. The number of imidazole rings is 1. The normalized spacial score (nSPS) is 13.9. The average molecular weight is 473 g/mol. The minimum Gasteiger partial charge on any atom is -0.384 e. The number of aliphatic hydroxyl groups is 1. The van der Waals surface area contributed by atoms with Crippen LogP contribution in [0, 0.1) is 0 Å². The van der Waals surface area contributed by atoms with Gasteiger partial charge < -0.3 is 20.3 Å². The number of aromatic nitrogens is 2. The van der Waals surface area contributed by atoms with Crippen molar-refractivity contribution in [2.24, 2.45) is 0 Å². The highest BCUT2D eigenvalue weighted by atomic mass is 35.5. The summed E-state index contributed by atoms with van der Waals surface area (Å²) in [7, 11) is 0. The van der Waals surface area contributed by atoms with E-state index in [0.717, 1.165) is 40.2 Å². The first-order chi connectivity index (χ1) is 16.5. The van der Waals surface area contributed by atoms with Gasteiger partial charge in [-0.25, -0.2) is 4.98 Å². The van der Waals surface area contributed by atoms with Crippen molar-refractivity contribution in [1.29, 1.82) is 0 Å². The van der Waals surface area contributed by atoms with E-state index in [1.54, 1.807) is 4.90 Å². The molecule has 0 saturated heterocycles. The maximum absolute atomic E-state index is 12.2. The third-order valence-electron chi connectivity index (χ3n) is 6.10. The Morgan fingerprint density at radius 1 is 1.15 bits per heavy atom. The topological polar surface area (TPSA) is 81.2 Å². The number of hydrogen-bond acceptors (Lipinski definition) is 4. The van der Waals surface area contributed by atoms with Gasteiger partial charge in [-0.1, -0.05) is 54.1 Å². The predicted molar refractivity (Wildman–Crippen MR) is 135 cm³/mol. The lowest BCUT2D eigenvalue weighted by molar-refractivity contribution is -0.140. The van der Waals surface area contributed by atoms with Crippen LogP contribution in [0.15, 0.2) is 72.9 Å². The summed E-state index contributed by atoms with van der Waals surface area (Å²) in [6, 6.07) is 21.9. The number of nitrogens with one attached hydrogen (secondary N) is 2. The lowest BCUT2D eigenvalue weighted by atomic mass is 9.97. The van der Waals surface area contributed by atoms with Gasteiger partial charge in [-0.3, -0.25) is 4.79 Å². The number of rotatable bonds is 5. The SMILES string of the molecule is CC(O)C(=O)N1CCc2c(cccc2Nc2ccc(Cl)c(-c3ncc(-c4ccccc4)[nH]3)c2)C1. The second-order valence-electron chi connectivity index (χ2n) is 8.46. The number of aromatic amines is 1. The third-order valence-corrected chi connectivity index (χ3v) is 6.43. The van der Waals surface area contributed by atoms with Crippen LogP contribution in [-0.2, 0) is 17.8 Å². The van der Waals surface area contributed by atoms with Crippen LogP contribution in [0.4, 0.5) is 11.4 Å². The fraction of sp³-hybridized carbons (Fsp3) is 0.185. The van der Waals surface area contributed by atoms with E-state index in [0.29, 0.717) is 23.9 Å². The molecule has 0 fully saturated rings. The molecule has 0 aliphatic carbocycles. The van der Waals surface area contributed by atoms with Crippen LogP contribution in [0.1, 0.15) is 18.1 Å². The quantitative estimate of drug-likeness (QED) is 0.363. The highest BCUT2D eigenvalue weighted by molar-refractivity contribution is 6.33. The predicted octanol–water partition coefficient (Wildman–Crippen LogP) is 5.41. The molecule has 1 atom stereocenters. The van der Waals surface area contributed by atoms with Gasteiger partial charge in [0.15, 0.2) is 0 Å². The number of amides is 1. The fourth-order valence-corrected chi connectivity index (χ4v) is 4.55. The molecule has 2 heterocycles. The van der Waals surface area contributed by atoms with Gasteiger partial charge in [-0.05, 0) is 54.3 Å². The van der Waals surface area contributed by atoms with E-state index >= 15 is 0 Å². The molecule has 0 bridgehead atoms. The van der Waals surface area contributed by atoms with Gasteiger partial charge in [0.25, 0.3) is 5.91 Å². The minimum absolute atomic E-state index is 0.236. The Kier molecular flexibility index (Phi) is 6.09. The van der Waals surface area contributed by atoms with Gasteiger partial charge in [-0.15, -0.1) is 0 Å². The number of benzene rings is 3. The molecule has 0 spiro atoms. The molecule has 1 aliphatic heterocycles. The van der Waals surface area contributed by atoms with E-state index in [-0.39, 0.29) is 5.91 Å². The van der Waals surface area contributed by atoms with Gasteiger partial charge in [-0.2, -0.15) is 0 Å². The van der Waals surface area contributed by atoms with Crippen LogP contribution in [0.5, 0.6) is 0 Å². The fourth-order valence-electron chi connectivity index (χ4n) is 4.34. The Bertz CT molecular complexity index is 1330. The molecule has 1 aromatic heterocycles. The molecule has 0 saturated carbocycles. The number of anilines is 2. The van der Waals surface area contributed by atoms with Crippen LogP contribution < -0.4 is 5.32 Å². The molecule has 172 valence electrons. The van der Waals surface area contributed by atoms with E-state index in [2.05, 4.69) is 15.3 Å². The Morgan fingerprint density at radius 3 is 2.76 bits per heavy atom. The molecule has 0 radical (unpaired) electrons. The van der Waals surface area contributed by atoms with Gasteiger partial charge in [0, 0.05) is 30.0 Å². The van der Waals surface area contributed by atoms with Crippen molar-refractivity contribution in [3.05, 3.63) is 89.1 Å². The van der Waals surface area contributed by atoms with E-state index in [9.17, 15) is 9.90 Å². The second-order valence-corrected chi connectivity index (χ2v) is 8.87. The number of halogens is 1. The standard InChI is InChI=1S/C27H25ClN4O2/c1-17(33)27(34)32-13-12-21-19(16-32)8-5-9-24(21)30-20-10-11-23(28)22(14-20)26-29-15-25(31-26)18-6-3-2-4-7-18/h2-11,14-15,17,30,33H,12-13,16H2,1H3,(H,29,31). The number of carbonyl (C=O) groups is 1. The van der Waals surface area contributed by atoms with Crippen LogP contribution in [0.2, 0.25) is 5.02 Å². The number of carbonyl (C=O) groups excluding carboxylic acids is 1. The van der Waals surface area contributed by atoms with Crippen molar-refractivity contribution in [2.75, 3.05) is 11.9 Å². The molecule has 1 unspecified atom stereocenters. The molecule has 3 aromatic carbocycles. The third kappa shape index (κ3) is 4.42. The molecular weight excluding hydrogens is 448 g/mol. The van der Waals surface area contributed by atoms with Gasteiger partial charge in [0.1, 0.15) is 11.9 Å². The Hall–Kier alpha value is -3.61. The summed E-state index contributed by atoms with van der Waals surface area (Å²) in [4.78, 5) is 21.9. The summed E-state index contributed by atoms with van der Waals surface area (Å²) in [5.41, 5.74) is 6.96. The Morgan fingerprint density at radius 2 is 1.97 bits per heavy atom. The maximum atomic E-state index is 12.2. The lowest BCUT2D eigenvalue weighted by Gasteiger charge is -2.31. The van der Waals surface area contributed by atoms with Crippen molar-refractivity contribution in [2.45, 2.75) is 26.0 Å². The average Bonchev–Trinajstić information content (AvgIpc) is 3.35. The summed E-state index contributed by atoms with van der Waals surface area (Å²) in [6.07, 6.45) is 1.55. The van der Waals surface area contributed by atoms with Crippen molar-refractivity contribution in [3.8, 4) is 22.6 Å². The van der Waals surface area contributed by atoms with Crippen molar-refractivity contribution in [1.82, 2.24) is 14.9 Å². The number of nitrogens with zero attached hydrogens (tertiary/aromatic N) is 2. The van der Waals surface area contributed by atoms with Gasteiger partial charge >= 0.3 is 0 Å². The molecule has 5 rings (SSSR count). The summed E-state index contributed by atoms with van der Waals surface area (Å²) >= 11 is 6.53. The molecule has 1 amide bonds. The van der Waals surface area contributed by atoms with Crippen molar-refractivity contribution < 1.29 is 9.90 Å². The Labute approximate surface area is 203 Å². The molecule has 4 aromatic rings. The molecule has 1 aliphatic rings. The zero-order valence-electron chi connectivity index (χ0n) is 18.8. The van der Waals surface area contributed by atoms with E-state index in [1.165, 1.54) is 12.5 Å².